The molecule has 206 valence electrons. The fourth-order valence-corrected chi connectivity index (χ4v) is 4.10. The van der Waals surface area contributed by atoms with Crippen LogP contribution in [0.15, 0.2) is 0 Å². The Kier molecular flexibility index (Phi) is 21.5. The highest BCUT2D eigenvalue weighted by Crippen LogP contribution is 2.35. The highest BCUT2D eigenvalue weighted by Gasteiger charge is 2.57. The first kappa shape index (κ1) is 33.6. The van der Waals surface area contributed by atoms with Crippen LogP contribution in [0, 0.1) is 0 Å². The summed E-state index contributed by atoms with van der Waals surface area (Å²) in [4.78, 5) is 2.17. The lowest BCUT2D eigenvalue weighted by Gasteiger charge is -2.24. The number of ether oxygens (including phenoxy) is 1. The van der Waals surface area contributed by atoms with E-state index in [1.165, 1.54) is 89.9 Å². The van der Waals surface area contributed by atoms with Crippen LogP contribution in [0.1, 0.15) is 129 Å². The molecule has 0 aliphatic rings. The number of hydrogen-bond acceptors (Lipinski definition) is 2. The molecule has 0 aliphatic carbocycles. The first-order valence-corrected chi connectivity index (χ1v) is 14.0. The number of hydrogen-bond donors (Lipinski definition) is 0. The van der Waals surface area contributed by atoms with E-state index in [0.29, 0.717) is 6.54 Å². The zero-order chi connectivity index (χ0) is 25.5. The molecule has 0 heterocycles. The molecule has 2 nitrogen and oxygen atoms in total. The van der Waals surface area contributed by atoms with Crippen LogP contribution >= 0.6 is 0 Å². The van der Waals surface area contributed by atoms with Crippen LogP contribution in [0.5, 0.6) is 0 Å². The highest BCUT2D eigenvalue weighted by molar-refractivity contribution is 4.75. The summed E-state index contributed by atoms with van der Waals surface area (Å²) >= 11 is 0. The minimum Gasteiger partial charge on any atom is -0.373 e. The van der Waals surface area contributed by atoms with Gasteiger partial charge in [-0.2, -0.15) is 22.0 Å². The summed E-state index contributed by atoms with van der Waals surface area (Å²) in [6.07, 6.45) is 16.6. The Labute approximate surface area is 206 Å². The molecule has 34 heavy (non-hydrogen) atoms. The third kappa shape index (κ3) is 19.8. The molecule has 0 rings (SSSR count). The van der Waals surface area contributed by atoms with Crippen molar-refractivity contribution in [3.63, 3.8) is 0 Å². The maximum atomic E-state index is 13.0. The summed E-state index contributed by atoms with van der Waals surface area (Å²) in [5.41, 5.74) is 0. The Hall–Kier alpha value is -0.430. The van der Waals surface area contributed by atoms with Gasteiger partial charge < -0.3 is 9.64 Å². The quantitative estimate of drug-likeness (QED) is 0.0912. The van der Waals surface area contributed by atoms with E-state index >= 15 is 0 Å². The van der Waals surface area contributed by atoms with Crippen LogP contribution in [0.25, 0.3) is 0 Å². The predicted octanol–water partition coefficient (Wildman–Crippen LogP) is 9.56. The van der Waals surface area contributed by atoms with E-state index in [4.69, 9.17) is 4.74 Å². The molecule has 0 amide bonds. The van der Waals surface area contributed by atoms with E-state index in [1.807, 2.05) is 0 Å². The van der Waals surface area contributed by atoms with Gasteiger partial charge >= 0.3 is 12.1 Å². The zero-order valence-electron chi connectivity index (χ0n) is 22.0. The van der Waals surface area contributed by atoms with Gasteiger partial charge in [0, 0.05) is 6.54 Å². The SMILES string of the molecule is CCCCCCCCCCCN(CCCCCCCCCCC)CCOCC(F)(F)C(F)(F)F. The second-order valence-electron chi connectivity index (χ2n) is 9.75. The van der Waals surface area contributed by atoms with Crippen molar-refractivity contribution in [2.45, 2.75) is 142 Å². The maximum absolute atomic E-state index is 13.0. The number of rotatable bonds is 25. The van der Waals surface area contributed by atoms with Gasteiger partial charge in [-0.1, -0.05) is 117 Å². The van der Waals surface area contributed by atoms with Crippen molar-refractivity contribution in [1.29, 1.82) is 0 Å². The third-order valence-corrected chi connectivity index (χ3v) is 6.41. The van der Waals surface area contributed by atoms with E-state index < -0.39 is 18.7 Å². The van der Waals surface area contributed by atoms with Crippen LogP contribution in [0.2, 0.25) is 0 Å². The van der Waals surface area contributed by atoms with Gasteiger partial charge in [-0.05, 0) is 25.9 Å². The van der Waals surface area contributed by atoms with Gasteiger partial charge in [-0.3, -0.25) is 0 Å². The fourth-order valence-electron chi connectivity index (χ4n) is 4.10. The van der Waals surface area contributed by atoms with Gasteiger partial charge in [-0.15, -0.1) is 0 Å². The zero-order valence-corrected chi connectivity index (χ0v) is 22.0. The average molecular weight is 502 g/mol. The molecule has 7 heteroatoms. The minimum atomic E-state index is -5.56. The predicted molar refractivity (Wildman–Crippen MR) is 133 cm³/mol. The number of unbranched alkanes of at least 4 members (excludes halogenated alkanes) is 16. The molecule has 0 radical (unpaired) electrons. The molecule has 0 atom stereocenters. The van der Waals surface area contributed by atoms with E-state index in [0.717, 1.165) is 38.8 Å². The van der Waals surface area contributed by atoms with Crippen LogP contribution in [-0.2, 0) is 4.74 Å². The van der Waals surface area contributed by atoms with E-state index in [2.05, 4.69) is 18.7 Å². The summed E-state index contributed by atoms with van der Waals surface area (Å²) in [5, 5.41) is 0. The van der Waals surface area contributed by atoms with Crippen molar-refractivity contribution < 1.29 is 26.7 Å². The molecule has 0 N–H and O–H groups in total. The molecule has 0 fully saturated rings. The minimum absolute atomic E-state index is 0.0967. The molecule has 0 aromatic rings. The Morgan fingerprint density at radius 1 is 0.500 bits per heavy atom. The molecule has 0 spiro atoms. The van der Waals surface area contributed by atoms with Crippen LogP contribution in [0.3, 0.4) is 0 Å². The summed E-state index contributed by atoms with van der Waals surface area (Å²) in [6.45, 7) is 4.85. The summed E-state index contributed by atoms with van der Waals surface area (Å²) < 4.78 is 67.7. The highest BCUT2D eigenvalue weighted by atomic mass is 19.4. The first-order valence-electron chi connectivity index (χ1n) is 14.0. The molecule has 0 saturated heterocycles. The molecule has 0 aliphatic heterocycles. The normalized spacial score (nSPS) is 12.7. The Balaban J connectivity index is 4.11. The number of halogens is 5. The average Bonchev–Trinajstić information content (AvgIpc) is 2.78. The van der Waals surface area contributed by atoms with Gasteiger partial charge in [0.2, 0.25) is 0 Å². The van der Waals surface area contributed by atoms with Crippen molar-refractivity contribution in [2.24, 2.45) is 0 Å². The summed E-state index contributed by atoms with van der Waals surface area (Å²) in [7, 11) is 0. The van der Waals surface area contributed by atoms with Gasteiger partial charge in [0.15, 0.2) is 0 Å². The maximum Gasteiger partial charge on any atom is 0.455 e. The summed E-state index contributed by atoms with van der Waals surface area (Å²) in [6, 6.07) is 0. The van der Waals surface area contributed by atoms with Crippen LogP contribution < -0.4 is 0 Å². The van der Waals surface area contributed by atoms with Gasteiger partial charge in [0.1, 0.15) is 6.61 Å². The van der Waals surface area contributed by atoms with Crippen LogP contribution in [0.4, 0.5) is 22.0 Å². The van der Waals surface area contributed by atoms with Crippen molar-refractivity contribution in [1.82, 2.24) is 4.90 Å². The topological polar surface area (TPSA) is 12.5 Å². The van der Waals surface area contributed by atoms with E-state index in [1.54, 1.807) is 0 Å². The van der Waals surface area contributed by atoms with Crippen molar-refractivity contribution in [3.05, 3.63) is 0 Å². The fraction of sp³-hybridized carbons (Fsp3) is 1.00. The smallest absolute Gasteiger partial charge is 0.373 e. The second-order valence-corrected chi connectivity index (χ2v) is 9.75. The standard InChI is InChI=1S/C27H52F5NO/c1-3-5-7-9-11-13-15-17-19-21-33(22-20-18-16-14-12-10-8-6-4-2)23-24-34-25-26(28,29)27(30,31)32/h3-25H2,1-2H3. The first-order chi connectivity index (χ1) is 16.2. The number of alkyl halides is 5. The molecule has 0 bridgehead atoms. The molecule has 0 unspecified atom stereocenters. The van der Waals surface area contributed by atoms with Crippen LogP contribution in [-0.4, -0.2) is 49.8 Å². The Bertz CT molecular complexity index is 410. The lowest BCUT2D eigenvalue weighted by Crippen LogP contribution is -2.41. The molecule has 0 aromatic carbocycles. The molecule has 0 aromatic heterocycles. The van der Waals surface area contributed by atoms with Gasteiger partial charge in [0.05, 0.1) is 6.61 Å². The number of nitrogens with zero attached hydrogens (tertiary/aromatic N) is 1. The molecular formula is C27H52F5NO. The van der Waals surface area contributed by atoms with Crippen molar-refractivity contribution in [2.75, 3.05) is 32.8 Å². The van der Waals surface area contributed by atoms with Crippen molar-refractivity contribution >= 4 is 0 Å². The van der Waals surface area contributed by atoms with Gasteiger partial charge in [-0.25, -0.2) is 0 Å². The summed E-state index contributed by atoms with van der Waals surface area (Å²) in [5.74, 6) is -4.79. The lowest BCUT2D eigenvalue weighted by atomic mass is 10.1. The third-order valence-electron chi connectivity index (χ3n) is 6.41. The lowest BCUT2D eigenvalue weighted by molar-refractivity contribution is -0.296. The Morgan fingerprint density at radius 3 is 1.21 bits per heavy atom. The van der Waals surface area contributed by atoms with E-state index in [9.17, 15) is 22.0 Å². The molecule has 0 saturated carbocycles. The molecular weight excluding hydrogens is 449 g/mol. The van der Waals surface area contributed by atoms with E-state index in [-0.39, 0.29) is 6.61 Å². The second kappa shape index (κ2) is 21.8. The largest absolute Gasteiger partial charge is 0.455 e. The monoisotopic (exact) mass is 501 g/mol. The van der Waals surface area contributed by atoms with Crippen molar-refractivity contribution in [3.8, 4) is 0 Å². The Morgan fingerprint density at radius 2 is 0.853 bits per heavy atom. The van der Waals surface area contributed by atoms with Gasteiger partial charge in [0.25, 0.3) is 0 Å².